The Morgan fingerprint density at radius 3 is 2.00 bits per heavy atom. The molecule has 0 aliphatic rings. The second-order valence-electron chi connectivity index (χ2n) is 7.36. The molecule has 0 fully saturated rings. The lowest BCUT2D eigenvalue weighted by Gasteiger charge is -2.14. The number of carbonyl (C=O) groups is 1. The van der Waals surface area contributed by atoms with Crippen LogP contribution in [0.25, 0.3) is 21.9 Å². The molecular weight excluding hydrogens is 480 g/mol. The number of para-hydroxylation sites is 1. The number of rotatable bonds is 5. The van der Waals surface area contributed by atoms with Crippen LogP contribution in [0.4, 0.5) is 11.4 Å². The van der Waals surface area contributed by atoms with Crippen LogP contribution in [-0.4, -0.2) is 31.8 Å². The third kappa shape index (κ3) is 4.50. The van der Waals surface area contributed by atoms with Crippen molar-refractivity contribution < 1.29 is 30.7 Å². The molecule has 0 aromatic heterocycles. The van der Waals surface area contributed by atoms with E-state index in [-0.39, 0.29) is 22.0 Å². The Balaban J connectivity index is 1.78. The fourth-order valence-corrected chi connectivity index (χ4v) is 5.06. The molecule has 0 heterocycles. The number of nitrogen functional groups attached to an aromatic ring is 1. The molecule has 0 aliphatic carbocycles. The van der Waals surface area contributed by atoms with Crippen molar-refractivity contribution in [3.8, 4) is 11.1 Å². The quantitative estimate of drug-likeness (QED) is 0.238. The highest BCUT2D eigenvalue weighted by molar-refractivity contribution is 7.86. The first-order valence-electron chi connectivity index (χ1n) is 9.74. The Kier molecular flexibility index (Phi) is 5.87. The van der Waals surface area contributed by atoms with Crippen molar-refractivity contribution in [3.63, 3.8) is 0 Å². The molecule has 0 saturated heterocycles. The van der Waals surface area contributed by atoms with E-state index in [1.165, 1.54) is 12.1 Å². The number of benzene rings is 4. The standard InChI is InChI=1S/C23H18N2O7S2/c24-18-6-2-1-4-16(18)14-8-10-15(11-9-14)23(26)25-19-12-13-20(33(27,28)29)17-5-3-7-21(22(17)19)34(30,31)32/h1-13H,24H2,(H,25,26)(H,27,28,29)(H,30,31,32). The van der Waals surface area contributed by atoms with Gasteiger partial charge in [0.2, 0.25) is 0 Å². The number of fused-ring (bicyclic) bond motifs is 1. The minimum Gasteiger partial charge on any atom is -0.398 e. The van der Waals surface area contributed by atoms with Crippen LogP contribution >= 0.6 is 0 Å². The summed E-state index contributed by atoms with van der Waals surface area (Å²) in [5.41, 5.74) is 8.29. The van der Waals surface area contributed by atoms with Crippen molar-refractivity contribution in [1.29, 1.82) is 0 Å². The lowest BCUT2D eigenvalue weighted by molar-refractivity contribution is 0.102. The van der Waals surface area contributed by atoms with E-state index in [1.54, 1.807) is 36.4 Å². The van der Waals surface area contributed by atoms with E-state index < -0.39 is 35.9 Å². The Hall–Kier alpha value is -3.77. The Bertz CT molecular complexity index is 1650. The lowest BCUT2D eigenvalue weighted by atomic mass is 10.0. The van der Waals surface area contributed by atoms with Crippen molar-refractivity contribution in [2.75, 3.05) is 11.1 Å². The molecule has 4 aromatic carbocycles. The summed E-state index contributed by atoms with van der Waals surface area (Å²) in [6.07, 6.45) is 0. The summed E-state index contributed by atoms with van der Waals surface area (Å²) in [5, 5.41) is 2.10. The fraction of sp³-hybridized carbons (Fsp3) is 0. The molecule has 0 bridgehead atoms. The van der Waals surface area contributed by atoms with Crippen LogP contribution in [0, 0.1) is 0 Å². The Morgan fingerprint density at radius 1 is 0.735 bits per heavy atom. The van der Waals surface area contributed by atoms with Gasteiger partial charge in [0.1, 0.15) is 9.79 Å². The first-order chi connectivity index (χ1) is 16.0. The fourth-order valence-electron chi connectivity index (χ4n) is 3.65. The SMILES string of the molecule is Nc1ccccc1-c1ccc(C(=O)Nc2ccc(S(=O)(=O)O)c3cccc(S(=O)(=O)O)c23)cc1. The summed E-state index contributed by atoms with van der Waals surface area (Å²) in [4.78, 5) is 11.7. The molecule has 0 aliphatic heterocycles. The van der Waals surface area contributed by atoms with Crippen LogP contribution < -0.4 is 11.1 Å². The summed E-state index contributed by atoms with van der Waals surface area (Å²) in [5.74, 6) is -0.612. The van der Waals surface area contributed by atoms with Gasteiger partial charge in [0.15, 0.2) is 0 Å². The van der Waals surface area contributed by atoms with Gasteiger partial charge in [-0.3, -0.25) is 13.9 Å². The average molecular weight is 499 g/mol. The predicted molar refractivity (Wildman–Crippen MR) is 128 cm³/mol. The molecule has 11 heteroatoms. The van der Waals surface area contributed by atoms with E-state index in [1.807, 2.05) is 12.1 Å². The Labute approximate surface area is 195 Å². The number of amides is 1. The molecule has 4 aromatic rings. The van der Waals surface area contributed by atoms with Gasteiger partial charge in [-0.1, -0.05) is 42.5 Å². The minimum absolute atomic E-state index is 0.0722. The zero-order valence-corrected chi connectivity index (χ0v) is 19.0. The van der Waals surface area contributed by atoms with Crippen molar-refractivity contribution >= 4 is 48.3 Å². The molecule has 5 N–H and O–H groups in total. The molecule has 0 unspecified atom stereocenters. The maximum atomic E-state index is 12.9. The molecule has 174 valence electrons. The molecule has 0 atom stereocenters. The van der Waals surface area contributed by atoms with Gasteiger partial charge in [0.05, 0.1) is 5.69 Å². The van der Waals surface area contributed by atoms with E-state index in [0.29, 0.717) is 5.69 Å². The number of nitrogens with one attached hydrogen (secondary N) is 1. The molecule has 0 spiro atoms. The van der Waals surface area contributed by atoms with Gasteiger partial charge in [-0.25, -0.2) is 0 Å². The number of carbonyl (C=O) groups excluding carboxylic acids is 1. The molecule has 0 saturated carbocycles. The molecule has 0 radical (unpaired) electrons. The topological polar surface area (TPSA) is 164 Å². The summed E-state index contributed by atoms with van der Waals surface area (Å²) >= 11 is 0. The third-order valence-corrected chi connectivity index (χ3v) is 6.99. The summed E-state index contributed by atoms with van der Waals surface area (Å²) < 4.78 is 66.6. The van der Waals surface area contributed by atoms with E-state index in [4.69, 9.17) is 5.73 Å². The zero-order valence-electron chi connectivity index (χ0n) is 17.3. The Morgan fingerprint density at radius 2 is 1.38 bits per heavy atom. The highest BCUT2D eigenvalue weighted by Crippen LogP contribution is 2.35. The average Bonchev–Trinajstić information content (AvgIpc) is 2.78. The van der Waals surface area contributed by atoms with Crippen molar-refractivity contribution in [1.82, 2.24) is 0 Å². The number of hydrogen-bond acceptors (Lipinski definition) is 6. The van der Waals surface area contributed by atoms with E-state index in [2.05, 4.69) is 5.32 Å². The van der Waals surface area contributed by atoms with Crippen molar-refractivity contribution in [2.24, 2.45) is 0 Å². The summed E-state index contributed by atoms with van der Waals surface area (Å²) in [7, 11) is -9.52. The first-order valence-corrected chi connectivity index (χ1v) is 12.6. The molecular formula is C23H18N2O7S2. The van der Waals surface area contributed by atoms with Crippen LogP contribution in [-0.2, 0) is 20.2 Å². The van der Waals surface area contributed by atoms with Gasteiger partial charge in [-0.05, 0) is 42.0 Å². The van der Waals surface area contributed by atoms with Crippen LogP contribution in [0.5, 0.6) is 0 Å². The van der Waals surface area contributed by atoms with Crippen LogP contribution in [0.1, 0.15) is 10.4 Å². The van der Waals surface area contributed by atoms with E-state index >= 15 is 0 Å². The zero-order chi connectivity index (χ0) is 24.7. The third-order valence-electron chi connectivity index (χ3n) is 5.19. The van der Waals surface area contributed by atoms with Crippen molar-refractivity contribution in [2.45, 2.75) is 9.79 Å². The van der Waals surface area contributed by atoms with Crippen LogP contribution in [0.2, 0.25) is 0 Å². The van der Waals surface area contributed by atoms with E-state index in [0.717, 1.165) is 29.3 Å². The molecule has 4 rings (SSSR count). The minimum atomic E-state index is -4.79. The van der Waals surface area contributed by atoms with Crippen LogP contribution in [0.3, 0.4) is 0 Å². The normalized spacial score (nSPS) is 11.9. The molecule has 9 nitrogen and oxygen atoms in total. The highest BCUT2D eigenvalue weighted by atomic mass is 32.2. The van der Waals surface area contributed by atoms with Gasteiger partial charge in [0, 0.05) is 27.6 Å². The van der Waals surface area contributed by atoms with Gasteiger partial charge in [-0.2, -0.15) is 16.8 Å². The smallest absolute Gasteiger partial charge is 0.295 e. The second-order valence-corrected chi connectivity index (χ2v) is 10.1. The lowest BCUT2D eigenvalue weighted by Crippen LogP contribution is -2.13. The predicted octanol–water partition coefficient (Wildman–Crippen LogP) is 3.83. The first kappa shape index (κ1) is 23.4. The number of hydrogen-bond donors (Lipinski definition) is 4. The number of anilines is 2. The highest BCUT2D eigenvalue weighted by Gasteiger charge is 2.23. The van der Waals surface area contributed by atoms with Gasteiger partial charge in [0.25, 0.3) is 26.1 Å². The van der Waals surface area contributed by atoms with E-state index in [9.17, 15) is 30.7 Å². The number of nitrogens with two attached hydrogens (primary N) is 1. The van der Waals surface area contributed by atoms with Gasteiger partial charge >= 0.3 is 0 Å². The monoisotopic (exact) mass is 498 g/mol. The largest absolute Gasteiger partial charge is 0.398 e. The summed E-state index contributed by atoms with van der Waals surface area (Å²) in [6, 6.07) is 19.4. The van der Waals surface area contributed by atoms with Gasteiger partial charge in [-0.15, -0.1) is 0 Å². The summed E-state index contributed by atoms with van der Waals surface area (Å²) in [6.45, 7) is 0. The maximum absolute atomic E-state index is 12.9. The molecule has 34 heavy (non-hydrogen) atoms. The molecule has 1 amide bonds. The van der Waals surface area contributed by atoms with Gasteiger partial charge < -0.3 is 11.1 Å². The maximum Gasteiger partial charge on any atom is 0.295 e. The van der Waals surface area contributed by atoms with Crippen LogP contribution in [0.15, 0.2) is 88.7 Å². The second kappa shape index (κ2) is 8.54. The van der Waals surface area contributed by atoms with Crippen molar-refractivity contribution in [3.05, 3.63) is 84.4 Å².